The van der Waals surface area contributed by atoms with Gasteiger partial charge in [-0.15, -0.1) is 4.91 Å². The first kappa shape index (κ1) is 20.9. The number of carbonyl (C=O) groups excluding carboxylic acids is 1. The summed E-state index contributed by atoms with van der Waals surface area (Å²) in [5.74, 6) is 0.127. The molecule has 0 bridgehead atoms. The van der Waals surface area contributed by atoms with Gasteiger partial charge in [-0.05, 0) is 47.5 Å². The summed E-state index contributed by atoms with van der Waals surface area (Å²) in [6.07, 6.45) is 2.79. The highest BCUT2D eigenvalue weighted by Gasteiger charge is 2.22. The summed E-state index contributed by atoms with van der Waals surface area (Å²) in [5, 5.41) is 4.23. The number of nitrogens with two attached hydrogens (primary N) is 1. The van der Waals surface area contributed by atoms with Crippen molar-refractivity contribution in [2.75, 3.05) is 6.54 Å². The monoisotopic (exact) mass is 456 g/mol. The maximum atomic E-state index is 13.1. The molecule has 2 N–H and O–H groups in total. The highest BCUT2D eigenvalue weighted by molar-refractivity contribution is 9.10. The van der Waals surface area contributed by atoms with Gasteiger partial charge in [-0.1, -0.05) is 41.1 Å². The first-order valence-corrected chi connectivity index (χ1v) is 9.99. The van der Waals surface area contributed by atoms with Crippen LogP contribution in [0.15, 0.2) is 62.7 Å². The molecule has 1 aliphatic heterocycles. The molecule has 29 heavy (non-hydrogen) atoms. The Morgan fingerprint density at radius 1 is 1.28 bits per heavy atom. The minimum Gasteiger partial charge on any atom is -0.387 e. The van der Waals surface area contributed by atoms with Crippen molar-refractivity contribution in [1.29, 1.82) is 0 Å². The lowest BCUT2D eigenvalue weighted by molar-refractivity contribution is -0.187. The molecule has 2 aromatic carbocycles. The molecule has 0 fully saturated rings. The van der Waals surface area contributed by atoms with E-state index in [0.717, 1.165) is 22.0 Å². The first-order chi connectivity index (χ1) is 14.0. The van der Waals surface area contributed by atoms with E-state index in [2.05, 4.69) is 26.1 Å². The first-order valence-electron chi connectivity index (χ1n) is 9.20. The predicted octanol–water partition coefficient (Wildman–Crippen LogP) is 4.99. The van der Waals surface area contributed by atoms with Crippen molar-refractivity contribution in [1.82, 2.24) is 5.06 Å². The van der Waals surface area contributed by atoms with Crippen LogP contribution in [0.4, 0.5) is 11.4 Å². The molecule has 0 radical (unpaired) electrons. The van der Waals surface area contributed by atoms with E-state index in [1.807, 2.05) is 31.2 Å². The summed E-state index contributed by atoms with van der Waals surface area (Å²) in [7, 11) is 0. The largest absolute Gasteiger partial charge is 0.387 e. The molecule has 0 aromatic heterocycles. The fourth-order valence-electron chi connectivity index (χ4n) is 2.89. The van der Waals surface area contributed by atoms with Crippen LogP contribution in [0.1, 0.15) is 30.9 Å². The molecule has 0 saturated carbocycles. The van der Waals surface area contributed by atoms with Crippen molar-refractivity contribution in [3.05, 3.63) is 68.5 Å². The molecule has 0 spiro atoms. The third-order valence-electron chi connectivity index (χ3n) is 4.31. The molecule has 2 aromatic rings. The topological polar surface area (TPSA) is 97.3 Å². The number of rotatable bonds is 7. The minimum atomic E-state index is -0.244. The van der Waals surface area contributed by atoms with Crippen LogP contribution in [0.3, 0.4) is 0 Å². The zero-order chi connectivity index (χ0) is 20.8. The molecule has 3 rings (SSSR count). The van der Waals surface area contributed by atoms with Gasteiger partial charge in [-0.3, -0.25) is 9.63 Å². The molecule has 0 saturated heterocycles. The molecule has 1 amide bonds. The fraction of sp³-hybridized carbons (Fsp3) is 0.238. The normalized spacial score (nSPS) is 13.0. The second-order valence-corrected chi connectivity index (χ2v) is 7.51. The Balaban J connectivity index is 1.79. The van der Waals surface area contributed by atoms with Gasteiger partial charge in [0.15, 0.2) is 0 Å². The predicted molar refractivity (Wildman–Crippen MR) is 117 cm³/mol. The second-order valence-electron chi connectivity index (χ2n) is 6.59. The molecule has 0 atom stereocenters. The van der Waals surface area contributed by atoms with Crippen molar-refractivity contribution >= 4 is 45.1 Å². The zero-order valence-electron chi connectivity index (χ0n) is 16.0. The molecule has 1 heterocycles. The summed E-state index contributed by atoms with van der Waals surface area (Å²) >= 11 is 3.43. The van der Waals surface area contributed by atoms with Gasteiger partial charge in [0.2, 0.25) is 0 Å². The van der Waals surface area contributed by atoms with E-state index in [4.69, 9.17) is 10.6 Å². The van der Waals surface area contributed by atoms with Crippen LogP contribution in [0, 0.1) is 4.91 Å². The van der Waals surface area contributed by atoms with Gasteiger partial charge >= 0.3 is 0 Å². The minimum absolute atomic E-state index is 0.200. The number of hydrogen-bond acceptors (Lipinski definition) is 6. The standard InChI is InChI=1S/C21H21BrN4O3/c1-2-9-26(29-13-14-3-7-18(25-28)8-4-14)21(27)16-10-15-5-6-17(22)12-19(15)24-20(23)11-16/h3-8,10,12H,2,9,11,13H2,1H3,(H2,23,24). The van der Waals surface area contributed by atoms with Crippen LogP contribution < -0.4 is 5.73 Å². The SMILES string of the molecule is CCCN(OCc1ccc(N=O)cc1)C(=O)C1=Cc2ccc(Br)cc2N=C(N)C1. The van der Waals surface area contributed by atoms with Crippen LogP contribution in [0.5, 0.6) is 0 Å². The van der Waals surface area contributed by atoms with Crippen LogP contribution in [-0.4, -0.2) is 23.4 Å². The van der Waals surface area contributed by atoms with Crippen LogP contribution in [-0.2, 0) is 16.2 Å². The Hall–Kier alpha value is -2.84. The maximum absolute atomic E-state index is 13.1. The molecule has 1 aliphatic rings. The number of fused-ring (bicyclic) bond motifs is 1. The molecule has 0 unspecified atom stereocenters. The zero-order valence-corrected chi connectivity index (χ0v) is 17.6. The average Bonchev–Trinajstić information content (AvgIpc) is 2.88. The number of benzene rings is 2. The highest BCUT2D eigenvalue weighted by atomic mass is 79.9. The van der Waals surface area contributed by atoms with E-state index in [1.54, 1.807) is 24.3 Å². The van der Waals surface area contributed by atoms with E-state index in [1.165, 1.54) is 5.06 Å². The van der Waals surface area contributed by atoms with Crippen LogP contribution >= 0.6 is 15.9 Å². The van der Waals surface area contributed by atoms with Crippen molar-refractivity contribution in [2.24, 2.45) is 15.9 Å². The quantitative estimate of drug-likeness (QED) is 0.468. The Morgan fingerprint density at radius 3 is 2.72 bits per heavy atom. The average molecular weight is 457 g/mol. The summed E-state index contributed by atoms with van der Waals surface area (Å²) in [4.78, 5) is 33.9. The second kappa shape index (κ2) is 9.58. The summed E-state index contributed by atoms with van der Waals surface area (Å²) < 4.78 is 0.891. The Morgan fingerprint density at radius 2 is 2.03 bits per heavy atom. The number of hydrogen-bond donors (Lipinski definition) is 1. The van der Waals surface area contributed by atoms with Crippen molar-refractivity contribution in [3.63, 3.8) is 0 Å². The van der Waals surface area contributed by atoms with Gasteiger partial charge in [-0.25, -0.2) is 10.1 Å². The van der Waals surface area contributed by atoms with Crippen LogP contribution in [0.25, 0.3) is 6.08 Å². The summed E-state index contributed by atoms with van der Waals surface area (Å²) in [5.41, 5.74) is 9.27. The number of halogens is 1. The Labute approximate surface area is 177 Å². The number of amidine groups is 1. The number of hydroxylamine groups is 2. The van der Waals surface area contributed by atoms with Gasteiger partial charge < -0.3 is 5.73 Å². The Kier molecular flexibility index (Phi) is 6.90. The highest BCUT2D eigenvalue weighted by Crippen LogP contribution is 2.30. The number of carbonyl (C=O) groups is 1. The van der Waals surface area contributed by atoms with Gasteiger partial charge in [0.05, 0.1) is 5.69 Å². The van der Waals surface area contributed by atoms with Crippen molar-refractivity contribution in [2.45, 2.75) is 26.4 Å². The van der Waals surface area contributed by atoms with Gasteiger partial charge in [0.1, 0.15) is 18.1 Å². The lowest BCUT2D eigenvalue weighted by Crippen LogP contribution is -2.34. The molecule has 150 valence electrons. The van der Waals surface area contributed by atoms with E-state index in [-0.39, 0.29) is 18.9 Å². The van der Waals surface area contributed by atoms with Gasteiger partial charge in [-0.2, -0.15) is 0 Å². The lowest BCUT2D eigenvalue weighted by Gasteiger charge is -2.22. The number of amides is 1. The number of nitroso groups, excluding NO2 is 1. The van der Waals surface area contributed by atoms with E-state index >= 15 is 0 Å². The van der Waals surface area contributed by atoms with Gasteiger partial charge in [0, 0.05) is 28.6 Å². The van der Waals surface area contributed by atoms with Crippen LogP contribution in [0.2, 0.25) is 0 Å². The smallest absolute Gasteiger partial charge is 0.273 e. The summed E-state index contributed by atoms with van der Waals surface area (Å²) in [6, 6.07) is 12.4. The third kappa shape index (κ3) is 5.36. The number of nitrogens with zero attached hydrogens (tertiary/aromatic N) is 3. The number of aliphatic imine (C=N–C) groups is 1. The lowest BCUT2D eigenvalue weighted by atomic mass is 10.1. The molecular weight excluding hydrogens is 436 g/mol. The van der Waals surface area contributed by atoms with Crippen molar-refractivity contribution in [3.8, 4) is 0 Å². The molecule has 8 heteroatoms. The molecular formula is C21H21BrN4O3. The van der Waals surface area contributed by atoms with Crippen molar-refractivity contribution < 1.29 is 9.63 Å². The fourth-order valence-corrected chi connectivity index (χ4v) is 3.24. The molecule has 0 aliphatic carbocycles. The van der Waals surface area contributed by atoms with Gasteiger partial charge in [0.25, 0.3) is 5.91 Å². The molecule has 7 nitrogen and oxygen atoms in total. The maximum Gasteiger partial charge on any atom is 0.273 e. The van der Waals surface area contributed by atoms with E-state index in [9.17, 15) is 9.70 Å². The summed E-state index contributed by atoms with van der Waals surface area (Å²) in [6.45, 7) is 2.61. The Bertz CT molecular complexity index is 970. The third-order valence-corrected chi connectivity index (χ3v) is 4.81. The van der Waals surface area contributed by atoms with E-state index < -0.39 is 0 Å². The van der Waals surface area contributed by atoms with E-state index in [0.29, 0.717) is 29.3 Å².